The Hall–Kier alpha value is -1.32. The van der Waals surface area contributed by atoms with Crippen molar-refractivity contribution in [1.82, 2.24) is 9.55 Å². The first-order valence-corrected chi connectivity index (χ1v) is 7.07. The highest BCUT2D eigenvalue weighted by molar-refractivity contribution is 6.32. The summed E-state index contributed by atoms with van der Waals surface area (Å²) in [5.74, 6) is 0. The van der Waals surface area contributed by atoms with Gasteiger partial charge in [-0.25, -0.2) is 4.98 Å². The van der Waals surface area contributed by atoms with Crippen LogP contribution in [0.25, 0.3) is 5.69 Å². The van der Waals surface area contributed by atoms with Crippen LogP contribution in [0.3, 0.4) is 0 Å². The zero-order valence-corrected chi connectivity index (χ0v) is 11.7. The van der Waals surface area contributed by atoms with E-state index in [1.165, 1.54) is 24.2 Å². The highest BCUT2D eigenvalue weighted by Crippen LogP contribution is 2.29. The number of benzene rings is 1. The predicted octanol–water partition coefficient (Wildman–Crippen LogP) is 3.46. The van der Waals surface area contributed by atoms with E-state index < -0.39 is 6.10 Å². The maximum Gasteiger partial charge on any atom is 0.0998 e. The van der Waals surface area contributed by atoms with E-state index in [1.54, 1.807) is 6.92 Å². The molecule has 3 rings (SSSR count). The number of fused-ring (bicyclic) bond motifs is 1. The molecule has 0 bridgehead atoms. The molecule has 2 aromatic rings. The number of aryl methyl sites for hydroxylation is 1. The summed E-state index contributed by atoms with van der Waals surface area (Å²) in [5.41, 5.74) is 4.25. The molecule has 3 nitrogen and oxygen atoms in total. The van der Waals surface area contributed by atoms with E-state index in [9.17, 15) is 5.11 Å². The van der Waals surface area contributed by atoms with Crippen molar-refractivity contribution in [2.24, 2.45) is 0 Å². The molecule has 4 heteroatoms. The van der Waals surface area contributed by atoms with Gasteiger partial charge in [-0.2, -0.15) is 0 Å². The summed E-state index contributed by atoms with van der Waals surface area (Å²) in [4.78, 5) is 4.49. The van der Waals surface area contributed by atoms with Gasteiger partial charge in [0.05, 0.1) is 28.8 Å². The summed E-state index contributed by atoms with van der Waals surface area (Å²) in [7, 11) is 0. The van der Waals surface area contributed by atoms with E-state index in [2.05, 4.69) is 9.55 Å². The smallest absolute Gasteiger partial charge is 0.0998 e. The zero-order valence-electron chi connectivity index (χ0n) is 10.9. The molecule has 0 unspecified atom stereocenters. The molecule has 0 aliphatic heterocycles. The van der Waals surface area contributed by atoms with Crippen molar-refractivity contribution in [3.63, 3.8) is 0 Å². The van der Waals surface area contributed by atoms with E-state index in [0.717, 1.165) is 24.1 Å². The van der Waals surface area contributed by atoms with E-state index in [0.29, 0.717) is 5.02 Å². The molecule has 19 heavy (non-hydrogen) atoms. The SMILES string of the molecule is C[C@H](O)c1ccc(-n2cnc3c2CCCC3)c(Cl)c1. The normalized spacial score (nSPS) is 16.2. The average Bonchev–Trinajstić information content (AvgIpc) is 2.82. The van der Waals surface area contributed by atoms with Gasteiger partial charge in [-0.3, -0.25) is 0 Å². The number of aliphatic hydroxyl groups excluding tert-OH is 1. The second-order valence-electron chi connectivity index (χ2n) is 5.10. The zero-order chi connectivity index (χ0) is 13.4. The van der Waals surface area contributed by atoms with Gasteiger partial charge in [0, 0.05) is 5.69 Å². The number of halogens is 1. The fourth-order valence-corrected chi connectivity index (χ4v) is 2.94. The second kappa shape index (κ2) is 4.99. The number of nitrogens with zero attached hydrogens (tertiary/aromatic N) is 2. The number of hydrogen-bond donors (Lipinski definition) is 1. The molecule has 1 aromatic heterocycles. The van der Waals surface area contributed by atoms with Crippen molar-refractivity contribution >= 4 is 11.6 Å². The van der Waals surface area contributed by atoms with Crippen molar-refractivity contribution in [2.75, 3.05) is 0 Å². The Balaban J connectivity index is 2.05. The third kappa shape index (κ3) is 2.28. The largest absolute Gasteiger partial charge is 0.389 e. The standard InChI is InChI=1S/C15H17ClN2O/c1-10(19)11-6-7-14(12(16)8-11)18-9-17-13-4-2-3-5-15(13)18/h6-10,19H,2-5H2,1H3/t10-/m0/s1. The molecule has 0 amide bonds. The van der Waals surface area contributed by atoms with Crippen LogP contribution < -0.4 is 0 Å². The third-order valence-corrected chi connectivity index (χ3v) is 4.05. The van der Waals surface area contributed by atoms with Gasteiger partial charge >= 0.3 is 0 Å². The van der Waals surface area contributed by atoms with Crippen molar-refractivity contribution in [3.8, 4) is 5.69 Å². The Morgan fingerprint density at radius 2 is 2.11 bits per heavy atom. The molecular weight excluding hydrogens is 260 g/mol. The minimum absolute atomic E-state index is 0.497. The lowest BCUT2D eigenvalue weighted by molar-refractivity contribution is 0.199. The van der Waals surface area contributed by atoms with E-state index in [1.807, 2.05) is 24.5 Å². The molecule has 1 heterocycles. The molecule has 0 saturated carbocycles. The van der Waals surface area contributed by atoms with Gasteiger partial charge in [-0.15, -0.1) is 0 Å². The summed E-state index contributed by atoms with van der Waals surface area (Å²) < 4.78 is 2.09. The summed E-state index contributed by atoms with van der Waals surface area (Å²) in [5, 5.41) is 10.2. The van der Waals surface area contributed by atoms with Gasteiger partial charge in [0.25, 0.3) is 0 Å². The third-order valence-electron chi connectivity index (χ3n) is 3.74. The number of imidazole rings is 1. The fraction of sp³-hybridized carbons (Fsp3) is 0.400. The lowest BCUT2D eigenvalue weighted by atomic mass is 10.0. The molecule has 1 aliphatic rings. The van der Waals surface area contributed by atoms with Crippen LogP contribution in [0.5, 0.6) is 0 Å². The lowest BCUT2D eigenvalue weighted by Gasteiger charge is -2.16. The first-order chi connectivity index (χ1) is 9.16. The molecule has 1 N–H and O–H groups in total. The Labute approximate surface area is 117 Å². The van der Waals surface area contributed by atoms with Crippen LogP contribution in [0.2, 0.25) is 5.02 Å². The van der Waals surface area contributed by atoms with Crippen molar-refractivity contribution in [1.29, 1.82) is 0 Å². The number of rotatable bonds is 2. The molecule has 0 fully saturated rings. The highest BCUT2D eigenvalue weighted by Gasteiger charge is 2.17. The van der Waals surface area contributed by atoms with E-state index in [-0.39, 0.29) is 0 Å². The summed E-state index contributed by atoms with van der Waals surface area (Å²) in [6.07, 6.45) is 5.92. The monoisotopic (exact) mass is 276 g/mol. The van der Waals surface area contributed by atoms with Gasteiger partial charge in [0.2, 0.25) is 0 Å². The summed E-state index contributed by atoms with van der Waals surface area (Å²) in [6.45, 7) is 1.74. The summed E-state index contributed by atoms with van der Waals surface area (Å²) >= 11 is 6.35. The highest BCUT2D eigenvalue weighted by atomic mass is 35.5. The minimum atomic E-state index is -0.497. The van der Waals surface area contributed by atoms with Crippen LogP contribution in [0.4, 0.5) is 0 Å². The van der Waals surface area contributed by atoms with Gasteiger partial charge in [-0.05, 0) is 50.3 Å². The first kappa shape index (κ1) is 12.7. The predicted molar refractivity (Wildman–Crippen MR) is 75.8 cm³/mol. The minimum Gasteiger partial charge on any atom is -0.389 e. The lowest BCUT2D eigenvalue weighted by Crippen LogP contribution is -2.07. The molecule has 1 atom stereocenters. The number of aliphatic hydroxyl groups is 1. The molecule has 0 saturated heterocycles. The molecular formula is C15H17ClN2O. The quantitative estimate of drug-likeness (QED) is 0.912. The van der Waals surface area contributed by atoms with Gasteiger partial charge in [-0.1, -0.05) is 17.7 Å². The van der Waals surface area contributed by atoms with Crippen molar-refractivity contribution < 1.29 is 5.11 Å². The van der Waals surface area contributed by atoms with Crippen LogP contribution in [0.15, 0.2) is 24.5 Å². The van der Waals surface area contributed by atoms with E-state index in [4.69, 9.17) is 11.6 Å². The number of aromatic nitrogens is 2. The number of hydrogen-bond acceptors (Lipinski definition) is 2. The Kier molecular flexibility index (Phi) is 3.33. The Morgan fingerprint density at radius 1 is 1.32 bits per heavy atom. The van der Waals surface area contributed by atoms with Crippen molar-refractivity contribution in [3.05, 3.63) is 46.5 Å². The van der Waals surface area contributed by atoms with Crippen LogP contribution >= 0.6 is 11.6 Å². The average molecular weight is 277 g/mol. The van der Waals surface area contributed by atoms with Crippen LogP contribution in [0, 0.1) is 0 Å². The fourth-order valence-electron chi connectivity index (χ4n) is 2.66. The second-order valence-corrected chi connectivity index (χ2v) is 5.51. The Morgan fingerprint density at radius 3 is 2.84 bits per heavy atom. The summed E-state index contributed by atoms with van der Waals surface area (Å²) in [6, 6.07) is 5.71. The Bertz CT molecular complexity index is 604. The molecule has 1 aliphatic carbocycles. The molecule has 0 radical (unpaired) electrons. The maximum atomic E-state index is 9.58. The molecule has 0 spiro atoms. The topological polar surface area (TPSA) is 38.0 Å². The van der Waals surface area contributed by atoms with Gasteiger partial charge < -0.3 is 9.67 Å². The van der Waals surface area contributed by atoms with Gasteiger partial charge in [0.15, 0.2) is 0 Å². The van der Waals surface area contributed by atoms with Crippen LogP contribution in [-0.2, 0) is 12.8 Å². The molecule has 100 valence electrons. The van der Waals surface area contributed by atoms with E-state index >= 15 is 0 Å². The first-order valence-electron chi connectivity index (χ1n) is 6.70. The van der Waals surface area contributed by atoms with Gasteiger partial charge in [0.1, 0.15) is 0 Å². The van der Waals surface area contributed by atoms with Crippen LogP contribution in [-0.4, -0.2) is 14.7 Å². The van der Waals surface area contributed by atoms with Crippen molar-refractivity contribution in [2.45, 2.75) is 38.7 Å². The molecule has 1 aromatic carbocycles. The maximum absolute atomic E-state index is 9.58. The van der Waals surface area contributed by atoms with Crippen LogP contribution in [0.1, 0.15) is 42.8 Å².